The lowest BCUT2D eigenvalue weighted by Gasteiger charge is -2.10. The molecule has 0 aliphatic rings. The minimum atomic E-state index is -0.0966. The topological polar surface area (TPSA) is 56.1 Å². The summed E-state index contributed by atoms with van der Waals surface area (Å²) in [7, 11) is 0. The van der Waals surface area contributed by atoms with Crippen molar-refractivity contribution in [2.75, 3.05) is 5.32 Å². The Labute approximate surface area is 169 Å². The van der Waals surface area contributed by atoms with E-state index >= 15 is 0 Å². The van der Waals surface area contributed by atoms with Crippen molar-refractivity contribution >= 4 is 11.7 Å². The molecule has 0 aliphatic carbocycles. The standard InChI is InChI=1S/C24H21N3O2/c28-24(26-23-15-16-25-27(23)21-9-5-2-6-10-21)17-19-11-13-22(14-12-19)29-18-20-7-3-1-4-8-20/h1-16H,17-18H2,(H,26,28). The third-order valence-electron chi connectivity index (χ3n) is 4.45. The number of hydrogen-bond donors (Lipinski definition) is 1. The van der Waals surface area contributed by atoms with E-state index in [4.69, 9.17) is 4.74 Å². The smallest absolute Gasteiger partial charge is 0.229 e. The van der Waals surface area contributed by atoms with Gasteiger partial charge < -0.3 is 10.1 Å². The van der Waals surface area contributed by atoms with Crippen LogP contribution in [0.2, 0.25) is 0 Å². The summed E-state index contributed by atoms with van der Waals surface area (Å²) >= 11 is 0. The summed E-state index contributed by atoms with van der Waals surface area (Å²) in [6.45, 7) is 0.518. The Morgan fingerprint density at radius 1 is 0.828 bits per heavy atom. The summed E-state index contributed by atoms with van der Waals surface area (Å²) in [6, 6.07) is 29.1. The average Bonchev–Trinajstić information content (AvgIpc) is 3.22. The molecule has 4 aromatic rings. The Bertz CT molecular complexity index is 1060. The van der Waals surface area contributed by atoms with Gasteiger partial charge in [-0.2, -0.15) is 5.10 Å². The van der Waals surface area contributed by atoms with Gasteiger partial charge in [-0.3, -0.25) is 4.79 Å². The summed E-state index contributed by atoms with van der Waals surface area (Å²) in [5, 5.41) is 7.22. The normalized spacial score (nSPS) is 10.5. The number of carbonyl (C=O) groups is 1. The molecule has 1 heterocycles. The monoisotopic (exact) mass is 383 g/mol. The minimum absolute atomic E-state index is 0.0966. The first kappa shape index (κ1) is 18.5. The fourth-order valence-electron chi connectivity index (χ4n) is 2.99. The molecule has 0 spiro atoms. The number of benzene rings is 3. The average molecular weight is 383 g/mol. The molecule has 3 aromatic carbocycles. The molecule has 144 valence electrons. The Kier molecular flexibility index (Phi) is 5.67. The molecular weight excluding hydrogens is 362 g/mol. The summed E-state index contributed by atoms with van der Waals surface area (Å²) < 4.78 is 7.50. The van der Waals surface area contributed by atoms with E-state index in [-0.39, 0.29) is 12.3 Å². The molecule has 1 aromatic heterocycles. The highest BCUT2D eigenvalue weighted by atomic mass is 16.5. The fraction of sp³-hybridized carbons (Fsp3) is 0.0833. The van der Waals surface area contributed by atoms with Crippen LogP contribution in [0.1, 0.15) is 11.1 Å². The number of aromatic nitrogens is 2. The van der Waals surface area contributed by atoms with Gasteiger partial charge in [0.05, 0.1) is 18.3 Å². The summed E-state index contributed by atoms with van der Waals surface area (Å²) in [4.78, 5) is 12.5. The predicted octanol–water partition coefficient (Wildman–Crippen LogP) is 4.63. The van der Waals surface area contributed by atoms with Crippen LogP contribution in [0.25, 0.3) is 5.69 Å². The molecule has 0 radical (unpaired) electrons. The molecule has 0 fully saturated rings. The van der Waals surface area contributed by atoms with Crippen molar-refractivity contribution < 1.29 is 9.53 Å². The molecule has 1 amide bonds. The van der Waals surface area contributed by atoms with Gasteiger partial charge in [-0.1, -0.05) is 60.7 Å². The van der Waals surface area contributed by atoms with Crippen LogP contribution in [-0.2, 0) is 17.8 Å². The second kappa shape index (κ2) is 8.89. The van der Waals surface area contributed by atoms with Crippen LogP contribution in [0, 0.1) is 0 Å². The fourth-order valence-corrected chi connectivity index (χ4v) is 2.99. The maximum atomic E-state index is 12.5. The van der Waals surface area contributed by atoms with Crippen molar-refractivity contribution in [3.63, 3.8) is 0 Å². The molecule has 0 saturated heterocycles. The van der Waals surface area contributed by atoms with Crippen LogP contribution in [0.5, 0.6) is 5.75 Å². The van der Waals surface area contributed by atoms with Gasteiger partial charge in [0.25, 0.3) is 0 Å². The number of nitrogens with zero attached hydrogens (tertiary/aromatic N) is 2. The van der Waals surface area contributed by atoms with Gasteiger partial charge in [0, 0.05) is 6.07 Å². The highest BCUT2D eigenvalue weighted by Crippen LogP contribution is 2.17. The first-order chi connectivity index (χ1) is 14.3. The van der Waals surface area contributed by atoms with Crippen LogP contribution in [0.15, 0.2) is 97.2 Å². The zero-order valence-electron chi connectivity index (χ0n) is 15.9. The van der Waals surface area contributed by atoms with E-state index in [1.165, 1.54) is 0 Å². The van der Waals surface area contributed by atoms with Crippen molar-refractivity contribution in [3.8, 4) is 11.4 Å². The first-order valence-corrected chi connectivity index (χ1v) is 9.43. The van der Waals surface area contributed by atoms with E-state index < -0.39 is 0 Å². The molecule has 0 unspecified atom stereocenters. The SMILES string of the molecule is O=C(Cc1ccc(OCc2ccccc2)cc1)Nc1ccnn1-c1ccccc1. The summed E-state index contributed by atoms with van der Waals surface area (Å²) in [5.41, 5.74) is 2.93. The highest BCUT2D eigenvalue weighted by molar-refractivity contribution is 5.91. The second-order valence-corrected chi connectivity index (χ2v) is 6.61. The van der Waals surface area contributed by atoms with Crippen LogP contribution in [0.3, 0.4) is 0 Å². The summed E-state index contributed by atoms with van der Waals surface area (Å²) in [6.07, 6.45) is 1.94. The second-order valence-electron chi connectivity index (χ2n) is 6.61. The van der Waals surface area contributed by atoms with Crippen molar-refractivity contribution in [3.05, 3.63) is 108 Å². The lowest BCUT2D eigenvalue weighted by Crippen LogP contribution is -2.17. The third-order valence-corrected chi connectivity index (χ3v) is 4.45. The number of rotatable bonds is 7. The number of anilines is 1. The Morgan fingerprint density at radius 2 is 1.52 bits per heavy atom. The van der Waals surface area contributed by atoms with Crippen molar-refractivity contribution in [2.45, 2.75) is 13.0 Å². The van der Waals surface area contributed by atoms with Crippen LogP contribution in [0.4, 0.5) is 5.82 Å². The van der Waals surface area contributed by atoms with Gasteiger partial charge in [0.1, 0.15) is 18.2 Å². The summed E-state index contributed by atoms with van der Waals surface area (Å²) in [5.74, 6) is 1.32. The number of carbonyl (C=O) groups excluding carboxylic acids is 1. The lowest BCUT2D eigenvalue weighted by atomic mass is 10.1. The Balaban J connectivity index is 1.34. The Hall–Kier alpha value is -3.86. The van der Waals surface area contributed by atoms with Crippen molar-refractivity contribution in [1.29, 1.82) is 0 Å². The van der Waals surface area contributed by atoms with Gasteiger partial charge in [-0.05, 0) is 35.4 Å². The number of para-hydroxylation sites is 1. The highest BCUT2D eigenvalue weighted by Gasteiger charge is 2.09. The van der Waals surface area contributed by atoms with E-state index in [9.17, 15) is 4.79 Å². The van der Waals surface area contributed by atoms with E-state index in [0.29, 0.717) is 12.4 Å². The van der Waals surface area contributed by atoms with Crippen molar-refractivity contribution in [1.82, 2.24) is 9.78 Å². The van der Waals surface area contributed by atoms with Crippen LogP contribution in [-0.4, -0.2) is 15.7 Å². The van der Waals surface area contributed by atoms with E-state index in [1.54, 1.807) is 16.9 Å². The van der Waals surface area contributed by atoms with Gasteiger partial charge >= 0.3 is 0 Å². The molecule has 0 bridgehead atoms. The largest absolute Gasteiger partial charge is 0.489 e. The van der Waals surface area contributed by atoms with Gasteiger partial charge in [-0.25, -0.2) is 4.68 Å². The molecule has 1 N–H and O–H groups in total. The molecule has 5 heteroatoms. The maximum absolute atomic E-state index is 12.5. The molecule has 0 atom stereocenters. The number of hydrogen-bond acceptors (Lipinski definition) is 3. The van der Waals surface area contributed by atoms with Gasteiger partial charge in [0.15, 0.2) is 0 Å². The van der Waals surface area contributed by atoms with Crippen LogP contribution >= 0.6 is 0 Å². The van der Waals surface area contributed by atoms with Gasteiger partial charge in [-0.15, -0.1) is 0 Å². The molecule has 0 aliphatic heterocycles. The predicted molar refractivity (Wildman–Crippen MR) is 113 cm³/mol. The molecular formula is C24H21N3O2. The number of nitrogens with one attached hydrogen (secondary N) is 1. The zero-order chi connectivity index (χ0) is 19.9. The zero-order valence-corrected chi connectivity index (χ0v) is 15.9. The number of amides is 1. The molecule has 0 saturated carbocycles. The molecule has 29 heavy (non-hydrogen) atoms. The molecule has 4 rings (SSSR count). The quantitative estimate of drug-likeness (QED) is 0.506. The molecule has 5 nitrogen and oxygen atoms in total. The number of ether oxygens (including phenoxy) is 1. The van der Waals surface area contributed by atoms with E-state index in [1.807, 2.05) is 84.9 Å². The van der Waals surface area contributed by atoms with E-state index in [2.05, 4.69) is 10.4 Å². The van der Waals surface area contributed by atoms with Crippen LogP contribution < -0.4 is 10.1 Å². The lowest BCUT2D eigenvalue weighted by molar-refractivity contribution is -0.115. The van der Waals surface area contributed by atoms with Gasteiger partial charge in [0.2, 0.25) is 5.91 Å². The minimum Gasteiger partial charge on any atom is -0.489 e. The van der Waals surface area contributed by atoms with Crippen molar-refractivity contribution in [2.24, 2.45) is 0 Å². The maximum Gasteiger partial charge on any atom is 0.229 e. The first-order valence-electron chi connectivity index (χ1n) is 9.43. The third kappa shape index (κ3) is 4.90. The Morgan fingerprint density at radius 3 is 2.24 bits per heavy atom. The van der Waals surface area contributed by atoms with E-state index in [0.717, 1.165) is 22.6 Å².